The zero-order valence-corrected chi connectivity index (χ0v) is 28.8. The number of aliphatic hydroxyl groups excluding tert-OH is 1. The lowest BCUT2D eigenvalue weighted by Crippen LogP contribution is -2.50. The topological polar surface area (TPSA) is 204 Å². The van der Waals surface area contributed by atoms with Crippen molar-refractivity contribution in [3.8, 4) is 11.8 Å². The minimum absolute atomic E-state index is 0.00467. The lowest BCUT2D eigenvalue weighted by atomic mass is 9.88. The maximum atomic E-state index is 13.5. The van der Waals surface area contributed by atoms with Crippen LogP contribution in [0, 0.1) is 11.3 Å². The molecular weight excluding hydrogens is 665 g/mol. The number of hydrogen-bond donors (Lipinski definition) is 3. The van der Waals surface area contributed by atoms with Crippen molar-refractivity contribution in [2.24, 2.45) is 0 Å². The Bertz CT molecular complexity index is 1910. The van der Waals surface area contributed by atoms with Crippen LogP contribution in [0.3, 0.4) is 0 Å². The molecule has 2 aliphatic rings. The number of fused-ring (bicyclic) bond motifs is 1. The fourth-order valence-corrected chi connectivity index (χ4v) is 8.06. The van der Waals surface area contributed by atoms with Crippen LogP contribution in [-0.2, 0) is 29.5 Å². The molecule has 2 saturated heterocycles. The molecule has 0 bridgehead atoms. The zero-order valence-electron chi connectivity index (χ0n) is 27.2. The summed E-state index contributed by atoms with van der Waals surface area (Å²) in [5.74, 6) is 0.230. The van der Waals surface area contributed by atoms with Crippen LogP contribution in [-0.4, -0.2) is 110 Å². The number of aliphatic hydroxyl groups is 1. The summed E-state index contributed by atoms with van der Waals surface area (Å²) in [5.41, 5.74) is -0.764. The molecule has 2 atom stereocenters. The number of aromatic amines is 1. The van der Waals surface area contributed by atoms with Gasteiger partial charge >= 0.3 is 6.09 Å². The lowest BCUT2D eigenvalue weighted by Gasteiger charge is -2.38. The molecule has 0 unspecified atom stereocenters. The van der Waals surface area contributed by atoms with Gasteiger partial charge in [-0.25, -0.2) is 31.3 Å². The Kier molecular flexibility index (Phi) is 10.1. The van der Waals surface area contributed by atoms with Crippen LogP contribution < -0.4 is 9.46 Å². The standard InChI is InChI=1S/C31H40N6O9S2/c1-30(2,3)46-29(39)37(18-23(38)20-44-24-6-5-7-25(12-24)47(40,41)33-4)22-14-31(45-19-22)8-10-36(11-9-31)48(42,43)26-13-27-21(15-32)16-34-28(27)35-17-26/h5-7,12-13,16-17,22-23,33,38H,8-11,14,18-20H2,1-4H3,(H,34,35)/t22-,23+/m1/s1. The van der Waals surface area contributed by atoms with Crippen LogP contribution in [0.1, 0.15) is 45.6 Å². The Morgan fingerprint density at radius 1 is 1.25 bits per heavy atom. The number of aromatic nitrogens is 2. The van der Waals surface area contributed by atoms with Gasteiger partial charge in [0.25, 0.3) is 0 Å². The van der Waals surface area contributed by atoms with Crippen molar-refractivity contribution in [2.45, 2.75) is 73.2 Å². The molecule has 2 fully saturated rings. The van der Waals surface area contributed by atoms with E-state index in [1.807, 2.05) is 6.07 Å². The third kappa shape index (κ3) is 7.74. The second-order valence-electron chi connectivity index (χ2n) is 12.9. The third-order valence-corrected chi connectivity index (χ3v) is 11.7. The summed E-state index contributed by atoms with van der Waals surface area (Å²) >= 11 is 0. The van der Waals surface area contributed by atoms with Crippen LogP contribution in [0.4, 0.5) is 4.79 Å². The largest absolute Gasteiger partial charge is 0.491 e. The summed E-state index contributed by atoms with van der Waals surface area (Å²) in [6.45, 7) is 5.36. The summed E-state index contributed by atoms with van der Waals surface area (Å²) in [7, 11) is -6.29. The third-order valence-electron chi connectivity index (χ3n) is 8.39. The molecule has 15 nitrogen and oxygen atoms in total. The van der Waals surface area contributed by atoms with E-state index >= 15 is 0 Å². The predicted octanol–water partition coefficient (Wildman–Crippen LogP) is 2.33. The molecule has 4 heterocycles. The molecule has 1 aromatic carbocycles. The fraction of sp³-hybridized carbons (Fsp3) is 0.516. The van der Waals surface area contributed by atoms with Crippen LogP contribution in [0.15, 0.2) is 52.5 Å². The molecule has 2 aromatic heterocycles. The second kappa shape index (κ2) is 13.6. The number of sulfonamides is 2. The Morgan fingerprint density at radius 2 is 1.98 bits per heavy atom. The number of ether oxygens (including phenoxy) is 3. The molecule has 1 spiro atoms. The number of H-pyrrole nitrogens is 1. The van der Waals surface area contributed by atoms with E-state index < -0.39 is 49.5 Å². The van der Waals surface area contributed by atoms with Gasteiger partial charge in [0.05, 0.1) is 35.3 Å². The molecule has 5 rings (SSSR count). The highest BCUT2D eigenvalue weighted by Crippen LogP contribution is 2.39. The Hall–Kier alpha value is -3.79. The van der Waals surface area contributed by atoms with Gasteiger partial charge < -0.3 is 29.2 Å². The van der Waals surface area contributed by atoms with E-state index in [1.54, 1.807) is 26.8 Å². The number of carbonyl (C=O) groups excluding carboxylic acids is 1. The van der Waals surface area contributed by atoms with E-state index in [1.165, 1.54) is 52.9 Å². The van der Waals surface area contributed by atoms with Crippen molar-refractivity contribution < 1.29 is 40.9 Å². The van der Waals surface area contributed by atoms with Crippen LogP contribution >= 0.6 is 0 Å². The van der Waals surface area contributed by atoms with Gasteiger partial charge in [0, 0.05) is 36.9 Å². The van der Waals surface area contributed by atoms with E-state index in [0.29, 0.717) is 35.9 Å². The van der Waals surface area contributed by atoms with Gasteiger partial charge in [0.1, 0.15) is 40.7 Å². The maximum absolute atomic E-state index is 13.5. The molecule has 0 aliphatic carbocycles. The van der Waals surface area contributed by atoms with Gasteiger partial charge in [0.15, 0.2) is 0 Å². The molecule has 0 saturated carbocycles. The van der Waals surface area contributed by atoms with E-state index in [9.17, 15) is 32.0 Å². The molecule has 2 aliphatic heterocycles. The first-order chi connectivity index (χ1) is 22.6. The zero-order chi connectivity index (χ0) is 34.9. The van der Waals surface area contributed by atoms with Gasteiger partial charge in [-0.3, -0.25) is 0 Å². The van der Waals surface area contributed by atoms with E-state index in [0.717, 1.165) is 0 Å². The molecule has 48 heavy (non-hydrogen) atoms. The maximum Gasteiger partial charge on any atom is 0.410 e. The quantitative estimate of drug-likeness (QED) is 0.279. The van der Waals surface area contributed by atoms with E-state index in [2.05, 4.69) is 14.7 Å². The number of nitriles is 1. The summed E-state index contributed by atoms with van der Waals surface area (Å²) < 4.78 is 72.6. The van der Waals surface area contributed by atoms with Crippen molar-refractivity contribution in [1.82, 2.24) is 23.9 Å². The smallest absolute Gasteiger partial charge is 0.410 e. The minimum Gasteiger partial charge on any atom is -0.491 e. The van der Waals surface area contributed by atoms with Crippen molar-refractivity contribution in [3.05, 3.63) is 48.3 Å². The lowest BCUT2D eigenvalue weighted by molar-refractivity contribution is -0.0329. The summed E-state index contributed by atoms with van der Waals surface area (Å²) in [6.07, 6.45) is 2.13. The monoisotopic (exact) mass is 704 g/mol. The summed E-state index contributed by atoms with van der Waals surface area (Å²) in [6, 6.07) is 8.85. The fourth-order valence-electron chi connectivity index (χ4n) is 5.88. The molecule has 1 amide bonds. The molecule has 260 valence electrons. The van der Waals surface area contributed by atoms with E-state index in [-0.39, 0.29) is 48.4 Å². The van der Waals surface area contributed by atoms with Crippen LogP contribution in [0.25, 0.3) is 11.0 Å². The van der Waals surface area contributed by atoms with E-state index in [4.69, 9.17) is 14.2 Å². The number of hydrogen-bond acceptors (Lipinski definition) is 11. The number of carbonyl (C=O) groups is 1. The van der Waals surface area contributed by atoms with Crippen molar-refractivity contribution in [2.75, 3.05) is 39.9 Å². The Morgan fingerprint density at radius 3 is 2.65 bits per heavy atom. The predicted molar refractivity (Wildman–Crippen MR) is 173 cm³/mol. The summed E-state index contributed by atoms with van der Waals surface area (Å²) in [4.78, 5) is 21.8. The molecule has 3 aromatic rings. The van der Waals surface area contributed by atoms with Crippen molar-refractivity contribution >= 4 is 37.2 Å². The van der Waals surface area contributed by atoms with Crippen LogP contribution in [0.2, 0.25) is 0 Å². The first-order valence-corrected chi connectivity index (χ1v) is 18.3. The minimum atomic E-state index is -3.90. The first-order valence-electron chi connectivity index (χ1n) is 15.4. The number of nitrogens with one attached hydrogen (secondary N) is 2. The molecule has 0 radical (unpaired) electrons. The first kappa shape index (κ1) is 35.5. The number of piperidine rings is 1. The average molecular weight is 705 g/mol. The van der Waals surface area contributed by atoms with Gasteiger partial charge in [-0.15, -0.1) is 0 Å². The number of rotatable bonds is 10. The number of benzene rings is 1. The number of pyridine rings is 1. The average Bonchev–Trinajstić information content (AvgIpc) is 3.65. The number of amides is 1. The highest BCUT2D eigenvalue weighted by Gasteiger charge is 2.48. The number of nitrogens with zero attached hydrogens (tertiary/aromatic N) is 4. The highest BCUT2D eigenvalue weighted by molar-refractivity contribution is 7.89. The SMILES string of the molecule is CNS(=O)(=O)c1cccc(OC[C@@H](O)CN(C(=O)OC(C)(C)C)[C@H]2COC3(CCN(S(=O)(=O)c4cnc5[nH]cc(C#N)c5c4)CC3)C2)c1. The van der Waals surface area contributed by atoms with Gasteiger partial charge in [-0.05, 0) is 65.3 Å². The van der Waals surface area contributed by atoms with Crippen molar-refractivity contribution in [3.63, 3.8) is 0 Å². The Balaban J connectivity index is 1.24. The van der Waals surface area contributed by atoms with Crippen molar-refractivity contribution in [1.29, 1.82) is 5.26 Å². The normalized spacial score (nSPS) is 19.2. The van der Waals surface area contributed by atoms with Gasteiger partial charge in [-0.1, -0.05) is 6.07 Å². The second-order valence-corrected chi connectivity index (χ2v) is 16.7. The molecule has 3 N–H and O–H groups in total. The molecular formula is C31H40N6O9S2. The Labute approximate surface area is 279 Å². The highest BCUT2D eigenvalue weighted by atomic mass is 32.2. The summed E-state index contributed by atoms with van der Waals surface area (Å²) in [5, 5.41) is 20.7. The van der Waals surface area contributed by atoms with Crippen LogP contribution in [0.5, 0.6) is 5.75 Å². The molecule has 17 heteroatoms. The van der Waals surface area contributed by atoms with Gasteiger partial charge in [-0.2, -0.15) is 9.57 Å². The van der Waals surface area contributed by atoms with Gasteiger partial charge in [0.2, 0.25) is 20.0 Å².